The second-order valence-corrected chi connectivity index (χ2v) is 17.8. The molecule has 0 aliphatic carbocycles. The first-order valence-corrected chi connectivity index (χ1v) is 24.2. The van der Waals surface area contributed by atoms with Crippen molar-refractivity contribution in [2.24, 2.45) is 0 Å². The summed E-state index contributed by atoms with van der Waals surface area (Å²) in [4.78, 5) is 37.5. The Hall–Kier alpha value is -1.77. The van der Waals surface area contributed by atoms with Gasteiger partial charge in [0.05, 0.1) is 27.7 Å². The zero-order valence-electron chi connectivity index (χ0n) is 36.8. The van der Waals surface area contributed by atoms with E-state index in [2.05, 4.69) is 50.3 Å². The molecule has 328 valence electrons. The number of phosphoric ester groups is 1. The van der Waals surface area contributed by atoms with Gasteiger partial charge in [-0.2, -0.15) is 0 Å². The van der Waals surface area contributed by atoms with Crippen LogP contribution in [0.3, 0.4) is 0 Å². The van der Waals surface area contributed by atoms with Crippen molar-refractivity contribution in [3.8, 4) is 0 Å². The average molecular weight is 812 g/mol. The molecule has 0 radical (unpaired) electrons. The lowest BCUT2D eigenvalue weighted by atomic mass is 10.0. The fourth-order valence-corrected chi connectivity index (χ4v) is 6.87. The van der Waals surface area contributed by atoms with Gasteiger partial charge in [-0.05, 0) is 44.9 Å². The molecule has 0 bridgehead atoms. The van der Waals surface area contributed by atoms with E-state index in [1.54, 1.807) is 0 Å². The highest BCUT2D eigenvalue weighted by Gasteiger charge is 2.21. The first kappa shape index (κ1) is 54.2. The van der Waals surface area contributed by atoms with Gasteiger partial charge in [0.1, 0.15) is 19.8 Å². The number of ether oxygens (including phenoxy) is 2. The van der Waals surface area contributed by atoms with Gasteiger partial charge in [0, 0.05) is 12.8 Å². The molecule has 0 N–H and O–H groups in total. The Labute approximate surface area is 344 Å². The molecule has 56 heavy (non-hydrogen) atoms. The maximum Gasteiger partial charge on any atom is 0.306 e. The van der Waals surface area contributed by atoms with Crippen molar-refractivity contribution in [1.29, 1.82) is 0 Å². The molecule has 0 heterocycles. The fraction of sp³-hybridized carbons (Fsp3) is 0.826. The topological polar surface area (TPSA) is 111 Å². The predicted octanol–water partition coefficient (Wildman–Crippen LogP) is 12.3. The molecule has 0 aromatic carbocycles. The monoisotopic (exact) mass is 812 g/mol. The largest absolute Gasteiger partial charge is 0.756 e. The first-order valence-electron chi connectivity index (χ1n) is 22.7. The van der Waals surface area contributed by atoms with Crippen LogP contribution in [0.15, 0.2) is 36.5 Å². The van der Waals surface area contributed by atoms with Gasteiger partial charge in [0.25, 0.3) is 7.82 Å². The number of allylic oxidation sites excluding steroid dienone is 6. The van der Waals surface area contributed by atoms with E-state index in [-0.39, 0.29) is 32.0 Å². The third-order valence-electron chi connectivity index (χ3n) is 9.67. The molecule has 0 saturated carbocycles. The standard InChI is InChI=1S/C46H86NO8P/c1-6-8-10-12-14-16-18-20-21-22-23-24-25-27-29-31-33-35-37-39-46(49)55-44(43-54-56(50,51)53-41-40-47(3,4)5)42-52-45(48)38-36-34-32-30-28-26-19-17-15-13-11-9-7-2/h8,10,14,16,20-21,44H,6-7,9,11-13,15,17-19,22-43H2,1-5H3/b10-8-,16-14-,21-20-. The molecule has 0 saturated heterocycles. The SMILES string of the molecule is CC/C=C\C/C=C\C/C=C\CCCCCCCCCCCC(=O)OC(COC(=O)CCCCCCCCCCCCCCC)COP(=O)([O-])OCC[N+](C)(C)C. The van der Waals surface area contributed by atoms with Crippen molar-refractivity contribution in [2.45, 2.75) is 200 Å². The smallest absolute Gasteiger partial charge is 0.306 e. The van der Waals surface area contributed by atoms with E-state index >= 15 is 0 Å². The van der Waals surface area contributed by atoms with Crippen molar-refractivity contribution < 1.29 is 42.1 Å². The molecule has 0 aromatic rings. The summed E-state index contributed by atoms with van der Waals surface area (Å²) in [7, 11) is 1.16. The molecule has 0 aliphatic heterocycles. The van der Waals surface area contributed by atoms with E-state index in [1.807, 2.05) is 21.1 Å². The van der Waals surface area contributed by atoms with Gasteiger partial charge in [-0.25, -0.2) is 0 Å². The van der Waals surface area contributed by atoms with E-state index in [4.69, 9.17) is 18.5 Å². The molecule has 2 atom stereocenters. The number of carbonyl (C=O) groups excluding carboxylic acids is 2. The second kappa shape index (κ2) is 38.7. The van der Waals surface area contributed by atoms with Gasteiger partial charge < -0.3 is 27.9 Å². The number of hydrogen-bond acceptors (Lipinski definition) is 8. The quantitative estimate of drug-likeness (QED) is 0.0197. The maximum absolute atomic E-state index is 12.7. The van der Waals surface area contributed by atoms with E-state index in [9.17, 15) is 19.0 Å². The minimum atomic E-state index is -4.62. The molecule has 9 nitrogen and oxygen atoms in total. The number of rotatable bonds is 41. The summed E-state index contributed by atoms with van der Waals surface area (Å²) in [6.07, 6.45) is 43.1. The van der Waals surface area contributed by atoms with Crippen molar-refractivity contribution in [1.82, 2.24) is 0 Å². The van der Waals surface area contributed by atoms with Crippen molar-refractivity contribution in [2.75, 3.05) is 47.5 Å². The second-order valence-electron chi connectivity index (χ2n) is 16.4. The Morgan fingerprint density at radius 3 is 1.52 bits per heavy atom. The maximum atomic E-state index is 12.7. The van der Waals surface area contributed by atoms with Crippen LogP contribution in [0.25, 0.3) is 0 Å². The Morgan fingerprint density at radius 1 is 0.571 bits per heavy atom. The van der Waals surface area contributed by atoms with Crippen LogP contribution < -0.4 is 4.89 Å². The number of nitrogens with zero attached hydrogens (tertiary/aromatic N) is 1. The summed E-state index contributed by atoms with van der Waals surface area (Å²) in [6, 6.07) is 0. The number of carbonyl (C=O) groups is 2. The highest BCUT2D eigenvalue weighted by molar-refractivity contribution is 7.45. The van der Waals surface area contributed by atoms with Crippen LogP contribution in [-0.4, -0.2) is 70.0 Å². The lowest BCUT2D eigenvalue weighted by Gasteiger charge is -2.28. The Morgan fingerprint density at radius 2 is 1.02 bits per heavy atom. The Kier molecular flexibility index (Phi) is 37.5. The highest BCUT2D eigenvalue weighted by Crippen LogP contribution is 2.38. The number of hydrogen-bond donors (Lipinski definition) is 0. The normalized spacial score (nSPS) is 13.9. The van der Waals surface area contributed by atoms with Gasteiger partial charge in [-0.3, -0.25) is 14.2 Å². The Balaban J connectivity index is 4.31. The van der Waals surface area contributed by atoms with Gasteiger partial charge in [-0.15, -0.1) is 0 Å². The van der Waals surface area contributed by atoms with Crippen LogP contribution in [0.5, 0.6) is 0 Å². The minimum absolute atomic E-state index is 0.0312. The molecule has 0 rings (SSSR count). The number of esters is 2. The summed E-state index contributed by atoms with van der Waals surface area (Å²) in [5, 5.41) is 0. The number of unbranched alkanes of at least 4 members (excludes halogenated alkanes) is 21. The van der Waals surface area contributed by atoms with Crippen LogP contribution in [0, 0.1) is 0 Å². The lowest BCUT2D eigenvalue weighted by Crippen LogP contribution is -2.37. The van der Waals surface area contributed by atoms with Crippen molar-refractivity contribution in [3.63, 3.8) is 0 Å². The predicted molar refractivity (Wildman–Crippen MR) is 231 cm³/mol. The third kappa shape index (κ3) is 41.9. The molecule has 0 fully saturated rings. The summed E-state index contributed by atoms with van der Waals surface area (Å²) < 4.78 is 33.9. The number of phosphoric acid groups is 1. The molecule has 0 amide bonds. The average Bonchev–Trinajstić information content (AvgIpc) is 3.15. The first-order chi connectivity index (χ1) is 27.0. The third-order valence-corrected chi connectivity index (χ3v) is 10.6. The summed E-state index contributed by atoms with van der Waals surface area (Å²) >= 11 is 0. The zero-order valence-corrected chi connectivity index (χ0v) is 37.7. The van der Waals surface area contributed by atoms with E-state index in [0.29, 0.717) is 17.4 Å². The summed E-state index contributed by atoms with van der Waals surface area (Å²) in [5.41, 5.74) is 0. The van der Waals surface area contributed by atoms with Crippen molar-refractivity contribution >= 4 is 19.8 Å². The summed E-state index contributed by atoms with van der Waals surface area (Å²) in [6.45, 7) is 4.12. The zero-order chi connectivity index (χ0) is 41.4. The highest BCUT2D eigenvalue weighted by atomic mass is 31.2. The fourth-order valence-electron chi connectivity index (χ4n) is 6.14. The van der Waals surface area contributed by atoms with Crippen LogP contribution in [-0.2, 0) is 32.7 Å². The molecule has 0 aromatic heterocycles. The molecule has 2 unspecified atom stereocenters. The number of likely N-dealkylation sites (N-methyl/N-ethyl adjacent to an activating group) is 1. The van der Waals surface area contributed by atoms with Crippen LogP contribution in [0.4, 0.5) is 0 Å². The van der Waals surface area contributed by atoms with E-state index < -0.39 is 26.5 Å². The minimum Gasteiger partial charge on any atom is -0.756 e. The van der Waals surface area contributed by atoms with Crippen LogP contribution >= 0.6 is 7.82 Å². The van der Waals surface area contributed by atoms with E-state index in [1.165, 1.54) is 96.3 Å². The molecular weight excluding hydrogens is 725 g/mol. The van der Waals surface area contributed by atoms with Crippen molar-refractivity contribution in [3.05, 3.63) is 36.5 Å². The van der Waals surface area contributed by atoms with Gasteiger partial charge >= 0.3 is 11.9 Å². The lowest BCUT2D eigenvalue weighted by molar-refractivity contribution is -0.870. The van der Waals surface area contributed by atoms with E-state index in [0.717, 1.165) is 64.2 Å². The van der Waals surface area contributed by atoms with Gasteiger partial charge in [0.2, 0.25) is 0 Å². The van der Waals surface area contributed by atoms with Crippen LogP contribution in [0.1, 0.15) is 194 Å². The van der Waals surface area contributed by atoms with Gasteiger partial charge in [0.15, 0.2) is 6.10 Å². The van der Waals surface area contributed by atoms with Gasteiger partial charge in [-0.1, -0.05) is 172 Å². The molecule has 0 aliphatic rings. The molecular formula is C46H86NO8P. The number of quaternary nitrogens is 1. The van der Waals surface area contributed by atoms with Crippen LogP contribution in [0.2, 0.25) is 0 Å². The molecule has 0 spiro atoms. The molecule has 10 heteroatoms. The Bertz CT molecular complexity index is 1050. The summed E-state index contributed by atoms with van der Waals surface area (Å²) in [5.74, 6) is -0.836.